The molecule has 18 heavy (non-hydrogen) atoms. The molecule has 0 fully saturated rings. The van der Waals surface area contributed by atoms with Crippen molar-refractivity contribution in [3.8, 4) is 5.75 Å². The van der Waals surface area contributed by atoms with Crippen LogP contribution in [-0.4, -0.2) is 17.1 Å². The van der Waals surface area contributed by atoms with E-state index in [0.717, 1.165) is 5.69 Å². The van der Waals surface area contributed by atoms with Crippen LogP contribution in [0.2, 0.25) is 0 Å². The molecule has 0 saturated heterocycles. The highest BCUT2D eigenvalue weighted by atomic mass is 16.3. The van der Waals surface area contributed by atoms with E-state index in [1.807, 2.05) is 30.3 Å². The van der Waals surface area contributed by atoms with Gasteiger partial charge in [-0.3, -0.25) is 10.2 Å². The highest BCUT2D eigenvalue weighted by Gasteiger charge is 2.06. The van der Waals surface area contributed by atoms with Crippen LogP contribution in [0.1, 0.15) is 5.56 Å². The molecule has 2 aromatic carbocycles. The van der Waals surface area contributed by atoms with Gasteiger partial charge in [0, 0.05) is 5.56 Å². The number of para-hydroxylation sites is 2. The maximum Gasteiger partial charge on any atom is 0.171 e. The van der Waals surface area contributed by atoms with Gasteiger partial charge in [-0.2, -0.15) is 5.10 Å². The lowest BCUT2D eigenvalue weighted by molar-refractivity contribution is -0.102. The SMILES string of the molecule is O=CC(=NNc1ccccc1)c1ccccc1O. The Hall–Kier alpha value is -2.62. The minimum absolute atomic E-state index is 0.0261. The molecule has 2 rings (SSSR count). The van der Waals surface area contributed by atoms with Crippen molar-refractivity contribution in [1.29, 1.82) is 0 Å². The van der Waals surface area contributed by atoms with Crippen LogP contribution in [0, 0.1) is 0 Å². The number of benzene rings is 2. The van der Waals surface area contributed by atoms with Gasteiger partial charge in [-0.15, -0.1) is 0 Å². The van der Waals surface area contributed by atoms with Crippen LogP contribution >= 0.6 is 0 Å². The maximum absolute atomic E-state index is 11.0. The molecule has 0 bridgehead atoms. The van der Waals surface area contributed by atoms with Gasteiger partial charge in [0.15, 0.2) is 6.29 Å². The van der Waals surface area contributed by atoms with Crippen molar-refractivity contribution < 1.29 is 9.90 Å². The van der Waals surface area contributed by atoms with Gasteiger partial charge in [-0.25, -0.2) is 0 Å². The molecule has 0 radical (unpaired) electrons. The number of carbonyl (C=O) groups excluding carboxylic acids is 1. The van der Waals surface area contributed by atoms with Crippen molar-refractivity contribution in [1.82, 2.24) is 0 Å². The fourth-order valence-electron chi connectivity index (χ4n) is 1.48. The maximum atomic E-state index is 11.0. The quantitative estimate of drug-likeness (QED) is 0.490. The van der Waals surface area contributed by atoms with E-state index in [2.05, 4.69) is 10.5 Å². The number of anilines is 1. The third-order valence-electron chi connectivity index (χ3n) is 2.37. The summed E-state index contributed by atoms with van der Waals surface area (Å²) in [5.74, 6) is 0.0261. The largest absolute Gasteiger partial charge is 0.507 e. The van der Waals surface area contributed by atoms with Crippen LogP contribution in [0.5, 0.6) is 5.75 Å². The van der Waals surface area contributed by atoms with E-state index in [4.69, 9.17) is 0 Å². The number of phenols is 1. The molecule has 2 N–H and O–H groups in total. The number of hydrazone groups is 1. The van der Waals surface area contributed by atoms with Crippen molar-refractivity contribution in [2.24, 2.45) is 5.10 Å². The van der Waals surface area contributed by atoms with Crippen molar-refractivity contribution >= 4 is 17.7 Å². The number of nitrogens with one attached hydrogen (secondary N) is 1. The van der Waals surface area contributed by atoms with Crippen LogP contribution < -0.4 is 5.43 Å². The molecule has 0 spiro atoms. The molecule has 0 amide bonds. The summed E-state index contributed by atoms with van der Waals surface area (Å²) in [5.41, 5.74) is 4.09. The summed E-state index contributed by atoms with van der Waals surface area (Å²) >= 11 is 0. The number of aromatic hydroxyl groups is 1. The lowest BCUT2D eigenvalue weighted by atomic mass is 10.1. The lowest BCUT2D eigenvalue weighted by Gasteiger charge is -2.04. The molecular weight excluding hydrogens is 228 g/mol. The van der Waals surface area contributed by atoms with Crippen LogP contribution in [-0.2, 0) is 4.79 Å². The van der Waals surface area contributed by atoms with Gasteiger partial charge in [0.25, 0.3) is 0 Å². The molecule has 0 atom stereocenters. The normalized spacial score (nSPS) is 11.0. The summed E-state index contributed by atoms with van der Waals surface area (Å²) < 4.78 is 0. The van der Waals surface area contributed by atoms with Gasteiger partial charge in [0.05, 0.1) is 5.69 Å². The number of phenolic OH excluding ortho intramolecular Hbond substituents is 1. The van der Waals surface area contributed by atoms with E-state index in [-0.39, 0.29) is 11.5 Å². The summed E-state index contributed by atoms with van der Waals surface area (Å²) in [7, 11) is 0. The first-order chi connectivity index (χ1) is 8.81. The Morgan fingerprint density at radius 3 is 2.39 bits per heavy atom. The number of nitrogens with zero attached hydrogens (tertiary/aromatic N) is 1. The molecule has 0 aliphatic rings. The third kappa shape index (κ3) is 2.74. The minimum atomic E-state index is 0.0261. The van der Waals surface area contributed by atoms with Gasteiger partial charge >= 0.3 is 0 Å². The van der Waals surface area contributed by atoms with Crippen molar-refractivity contribution in [2.75, 3.05) is 5.43 Å². The molecule has 0 aliphatic heterocycles. The second-order valence-corrected chi connectivity index (χ2v) is 3.61. The molecule has 0 aliphatic carbocycles. The van der Waals surface area contributed by atoms with Crippen LogP contribution in [0.4, 0.5) is 5.69 Å². The molecule has 0 saturated carbocycles. The summed E-state index contributed by atoms with van der Waals surface area (Å²) in [6.45, 7) is 0. The van der Waals surface area contributed by atoms with E-state index in [1.165, 1.54) is 6.07 Å². The van der Waals surface area contributed by atoms with Gasteiger partial charge < -0.3 is 5.11 Å². The van der Waals surface area contributed by atoms with Crippen LogP contribution in [0.25, 0.3) is 0 Å². The predicted molar refractivity (Wildman–Crippen MR) is 70.8 cm³/mol. The molecule has 0 unspecified atom stereocenters. The molecule has 4 heteroatoms. The third-order valence-corrected chi connectivity index (χ3v) is 2.37. The van der Waals surface area contributed by atoms with Gasteiger partial charge in [-0.05, 0) is 24.3 Å². The number of aldehydes is 1. The lowest BCUT2D eigenvalue weighted by Crippen LogP contribution is -2.06. The zero-order valence-electron chi connectivity index (χ0n) is 9.58. The first kappa shape index (κ1) is 11.9. The standard InChI is InChI=1S/C14H12N2O2/c17-10-13(12-8-4-5-9-14(12)18)16-15-11-6-2-1-3-7-11/h1-10,15,18H. The molecule has 0 aromatic heterocycles. The Morgan fingerprint density at radius 2 is 1.72 bits per heavy atom. The van der Waals surface area contributed by atoms with Crippen LogP contribution in [0.15, 0.2) is 59.7 Å². The second kappa shape index (κ2) is 5.63. The Kier molecular flexibility index (Phi) is 3.71. The zero-order chi connectivity index (χ0) is 12.8. The average molecular weight is 240 g/mol. The molecule has 2 aromatic rings. The first-order valence-corrected chi connectivity index (χ1v) is 5.43. The van der Waals surface area contributed by atoms with Gasteiger partial charge in [-0.1, -0.05) is 30.3 Å². The van der Waals surface area contributed by atoms with Crippen molar-refractivity contribution in [3.63, 3.8) is 0 Å². The topological polar surface area (TPSA) is 61.7 Å². The molecule has 90 valence electrons. The predicted octanol–water partition coefficient (Wildman–Crippen LogP) is 2.41. The summed E-state index contributed by atoms with van der Waals surface area (Å²) in [6, 6.07) is 15.8. The Bertz CT molecular complexity index is 565. The zero-order valence-corrected chi connectivity index (χ0v) is 9.58. The van der Waals surface area contributed by atoms with Crippen LogP contribution in [0.3, 0.4) is 0 Å². The summed E-state index contributed by atoms with van der Waals surface area (Å²) in [6.07, 6.45) is 0.602. The second-order valence-electron chi connectivity index (χ2n) is 3.61. The van der Waals surface area contributed by atoms with E-state index >= 15 is 0 Å². The number of hydrogen-bond acceptors (Lipinski definition) is 4. The first-order valence-electron chi connectivity index (χ1n) is 5.43. The summed E-state index contributed by atoms with van der Waals surface area (Å²) in [5, 5.41) is 13.6. The smallest absolute Gasteiger partial charge is 0.171 e. The molecular formula is C14H12N2O2. The molecule has 4 nitrogen and oxygen atoms in total. The Balaban J connectivity index is 2.24. The van der Waals surface area contributed by atoms with E-state index in [0.29, 0.717) is 11.8 Å². The van der Waals surface area contributed by atoms with E-state index in [1.54, 1.807) is 18.2 Å². The van der Waals surface area contributed by atoms with E-state index < -0.39 is 0 Å². The van der Waals surface area contributed by atoms with E-state index in [9.17, 15) is 9.90 Å². The highest BCUT2D eigenvalue weighted by Crippen LogP contribution is 2.16. The minimum Gasteiger partial charge on any atom is -0.507 e. The average Bonchev–Trinajstić information content (AvgIpc) is 2.42. The Labute approximate surface area is 105 Å². The fraction of sp³-hybridized carbons (Fsp3) is 0. The number of rotatable bonds is 4. The fourth-order valence-corrected chi connectivity index (χ4v) is 1.48. The monoisotopic (exact) mass is 240 g/mol. The number of hydrogen-bond donors (Lipinski definition) is 2. The van der Waals surface area contributed by atoms with Gasteiger partial charge in [0.2, 0.25) is 0 Å². The number of carbonyl (C=O) groups is 1. The van der Waals surface area contributed by atoms with Gasteiger partial charge in [0.1, 0.15) is 11.5 Å². The van der Waals surface area contributed by atoms with Crippen molar-refractivity contribution in [2.45, 2.75) is 0 Å². The Morgan fingerprint density at radius 1 is 1.06 bits per heavy atom. The van der Waals surface area contributed by atoms with Crippen molar-refractivity contribution in [3.05, 3.63) is 60.2 Å². The molecule has 0 heterocycles. The summed E-state index contributed by atoms with van der Waals surface area (Å²) in [4.78, 5) is 11.0. The highest BCUT2D eigenvalue weighted by molar-refractivity contribution is 6.37.